The fourth-order valence-corrected chi connectivity index (χ4v) is 4.09. The summed E-state index contributed by atoms with van der Waals surface area (Å²) in [5.41, 5.74) is 9.46. The van der Waals surface area contributed by atoms with E-state index in [1.165, 1.54) is 16.9 Å². The van der Waals surface area contributed by atoms with Crippen molar-refractivity contribution < 1.29 is 4.79 Å². The van der Waals surface area contributed by atoms with Crippen molar-refractivity contribution in [2.45, 2.75) is 13.0 Å². The molecule has 0 radical (unpaired) electrons. The van der Waals surface area contributed by atoms with E-state index in [9.17, 15) is 4.79 Å². The number of carbonyl (C=O) groups excluding carboxylic acids is 1. The Balaban J connectivity index is 1.63. The number of nitrogens with two attached hydrogens (primary N) is 1. The number of thiocarbonyl (C=S) groups is 1. The lowest BCUT2D eigenvalue weighted by molar-refractivity contribution is 0.102. The highest BCUT2D eigenvalue weighted by atomic mass is 32.1. The van der Waals surface area contributed by atoms with Gasteiger partial charge < -0.3 is 10.6 Å². The molecule has 3 aromatic rings. The van der Waals surface area contributed by atoms with Crippen LogP contribution in [0.5, 0.6) is 0 Å². The van der Waals surface area contributed by atoms with Crippen molar-refractivity contribution in [1.29, 1.82) is 0 Å². The number of anilines is 1. The highest BCUT2D eigenvalue weighted by molar-refractivity contribution is 7.80. The first-order chi connectivity index (χ1) is 12.1. The number of rotatable bonds is 2. The van der Waals surface area contributed by atoms with E-state index in [0.29, 0.717) is 22.4 Å². The molecule has 1 aliphatic rings. The van der Waals surface area contributed by atoms with E-state index in [2.05, 4.69) is 16.4 Å². The number of thiazole rings is 1. The zero-order valence-electron chi connectivity index (χ0n) is 13.4. The summed E-state index contributed by atoms with van der Waals surface area (Å²) in [6, 6.07) is 13.6. The van der Waals surface area contributed by atoms with Gasteiger partial charge in [0.15, 0.2) is 10.2 Å². The zero-order valence-corrected chi connectivity index (χ0v) is 15.0. The standard InChI is InChI=1S/C18H16N4OS2/c19-17(24)22-9-8-11-4-3-5-12(13(11)10-22)16(23)21-18-20-14-6-1-2-7-15(14)25-18/h1-7H,8-10H2,(H2,19,24)(H,20,21,23). The first-order valence-corrected chi connectivity index (χ1v) is 9.16. The molecule has 1 aliphatic heterocycles. The summed E-state index contributed by atoms with van der Waals surface area (Å²) in [5, 5.41) is 3.90. The average molecular weight is 368 g/mol. The second kappa shape index (κ2) is 6.42. The second-order valence-corrected chi connectivity index (χ2v) is 7.34. The van der Waals surface area contributed by atoms with Crippen LogP contribution in [-0.2, 0) is 13.0 Å². The average Bonchev–Trinajstić information content (AvgIpc) is 3.02. The summed E-state index contributed by atoms with van der Waals surface area (Å²) in [7, 11) is 0. The third-order valence-corrected chi connectivity index (χ3v) is 5.55. The zero-order chi connectivity index (χ0) is 17.4. The van der Waals surface area contributed by atoms with Crippen molar-refractivity contribution in [3.63, 3.8) is 0 Å². The molecule has 0 saturated carbocycles. The molecule has 0 fully saturated rings. The molecule has 0 saturated heterocycles. The van der Waals surface area contributed by atoms with Gasteiger partial charge >= 0.3 is 0 Å². The number of benzene rings is 2. The van der Waals surface area contributed by atoms with Crippen molar-refractivity contribution in [1.82, 2.24) is 9.88 Å². The van der Waals surface area contributed by atoms with Crippen LogP contribution >= 0.6 is 23.6 Å². The number of nitrogens with one attached hydrogen (secondary N) is 1. The van der Waals surface area contributed by atoms with Gasteiger partial charge in [0.1, 0.15) is 0 Å². The molecule has 4 rings (SSSR count). The first-order valence-electron chi connectivity index (χ1n) is 7.94. The Morgan fingerprint density at radius 3 is 2.88 bits per heavy atom. The molecule has 0 atom stereocenters. The number of hydrogen-bond acceptors (Lipinski definition) is 4. The van der Waals surface area contributed by atoms with E-state index in [0.717, 1.165) is 28.7 Å². The lowest BCUT2D eigenvalue weighted by Gasteiger charge is -2.30. The number of nitrogens with zero attached hydrogens (tertiary/aromatic N) is 2. The Morgan fingerprint density at radius 1 is 1.24 bits per heavy atom. The number of aromatic nitrogens is 1. The number of amides is 1. The lowest BCUT2D eigenvalue weighted by atomic mass is 9.94. The molecule has 1 aromatic heterocycles. The van der Waals surface area contributed by atoms with Gasteiger partial charge in [-0.2, -0.15) is 0 Å². The monoisotopic (exact) mass is 368 g/mol. The number of carbonyl (C=O) groups is 1. The van der Waals surface area contributed by atoms with Gasteiger partial charge in [0.25, 0.3) is 5.91 Å². The van der Waals surface area contributed by atoms with Crippen LogP contribution in [0.3, 0.4) is 0 Å². The predicted molar refractivity (Wildman–Crippen MR) is 105 cm³/mol. The summed E-state index contributed by atoms with van der Waals surface area (Å²) < 4.78 is 1.05. The Morgan fingerprint density at radius 2 is 2.08 bits per heavy atom. The van der Waals surface area contributed by atoms with Gasteiger partial charge in [-0.25, -0.2) is 4.98 Å². The minimum atomic E-state index is -0.152. The first kappa shape index (κ1) is 16.0. The highest BCUT2D eigenvalue weighted by Crippen LogP contribution is 2.27. The Labute approximate surface area is 154 Å². The maximum atomic E-state index is 12.8. The molecule has 0 aliphatic carbocycles. The van der Waals surface area contributed by atoms with Gasteiger partial charge in [0, 0.05) is 18.7 Å². The van der Waals surface area contributed by atoms with Crippen LogP contribution in [0.25, 0.3) is 10.2 Å². The number of fused-ring (bicyclic) bond motifs is 2. The fraction of sp³-hybridized carbons (Fsp3) is 0.167. The molecule has 3 N–H and O–H groups in total. The molecule has 25 heavy (non-hydrogen) atoms. The largest absolute Gasteiger partial charge is 0.376 e. The minimum Gasteiger partial charge on any atom is -0.376 e. The Kier molecular flexibility index (Phi) is 4.10. The van der Waals surface area contributed by atoms with Crippen LogP contribution in [0.4, 0.5) is 5.13 Å². The van der Waals surface area contributed by atoms with Crippen molar-refractivity contribution in [2.24, 2.45) is 5.73 Å². The smallest absolute Gasteiger partial charge is 0.257 e. The molecule has 0 unspecified atom stereocenters. The third-order valence-electron chi connectivity index (χ3n) is 4.34. The molecule has 1 amide bonds. The van der Waals surface area contributed by atoms with E-state index < -0.39 is 0 Å². The van der Waals surface area contributed by atoms with Crippen LogP contribution in [0.2, 0.25) is 0 Å². The molecule has 0 spiro atoms. The Bertz CT molecular complexity index is 949. The Hall–Kier alpha value is -2.51. The van der Waals surface area contributed by atoms with Gasteiger partial charge in [-0.1, -0.05) is 35.6 Å². The maximum Gasteiger partial charge on any atom is 0.257 e. The van der Waals surface area contributed by atoms with E-state index >= 15 is 0 Å². The van der Waals surface area contributed by atoms with Gasteiger partial charge in [-0.05, 0) is 48.0 Å². The second-order valence-electron chi connectivity index (χ2n) is 5.89. The van der Waals surface area contributed by atoms with Gasteiger partial charge in [-0.15, -0.1) is 0 Å². The summed E-state index contributed by atoms with van der Waals surface area (Å²) in [6.45, 7) is 1.35. The fourth-order valence-electron chi connectivity index (χ4n) is 3.07. The van der Waals surface area contributed by atoms with Crippen molar-refractivity contribution in [2.75, 3.05) is 11.9 Å². The van der Waals surface area contributed by atoms with Crippen molar-refractivity contribution in [3.05, 3.63) is 59.2 Å². The van der Waals surface area contributed by atoms with Crippen LogP contribution < -0.4 is 11.1 Å². The van der Waals surface area contributed by atoms with E-state index in [1.54, 1.807) is 0 Å². The predicted octanol–water partition coefficient (Wildman–Crippen LogP) is 3.15. The van der Waals surface area contributed by atoms with Crippen molar-refractivity contribution in [3.8, 4) is 0 Å². The van der Waals surface area contributed by atoms with E-state index in [1.807, 2.05) is 41.3 Å². The minimum absolute atomic E-state index is 0.152. The molecular weight excluding hydrogens is 352 g/mol. The van der Waals surface area contributed by atoms with E-state index in [-0.39, 0.29) is 5.91 Å². The molecular formula is C18H16N4OS2. The highest BCUT2D eigenvalue weighted by Gasteiger charge is 2.22. The topological polar surface area (TPSA) is 71.2 Å². The maximum absolute atomic E-state index is 12.8. The van der Waals surface area contributed by atoms with Crippen LogP contribution in [0.1, 0.15) is 21.5 Å². The SMILES string of the molecule is NC(=S)N1CCc2cccc(C(=O)Nc3nc4ccccc4s3)c2C1. The molecule has 2 aromatic carbocycles. The van der Waals surface area contributed by atoms with Gasteiger partial charge in [0.05, 0.1) is 10.2 Å². The van der Waals surface area contributed by atoms with Gasteiger partial charge in [0.2, 0.25) is 0 Å². The van der Waals surface area contributed by atoms with Crippen LogP contribution in [-0.4, -0.2) is 27.4 Å². The number of hydrogen-bond donors (Lipinski definition) is 2. The summed E-state index contributed by atoms with van der Waals surface area (Å²) >= 11 is 6.56. The molecule has 0 bridgehead atoms. The van der Waals surface area contributed by atoms with Crippen molar-refractivity contribution >= 4 is 49.9 Å². The summed E-state index contributed by atoms with van der Waals surface area (Å²) in [6.07, 6.45) is 0.828. The molecule has 126 valence electrons. The quantitative estimate of drug-likeness (QED) is 0.680. The number of para-hydroxylation sites is 1. The van der Waals surface area contributed by atoms with E-state index in [4.69, 9.17) is 18.0 Å². The van der Waals surface area contributed by atoms with Crippen LogP contribution in [0, 0.1) is 0 Å². The third kappa shape index (κ3) is 3.08. The molecule has 2 heterocycles. The summed E-state index contributed by atoms with van der Waals surface area (Å²) in [4.78, 5) is 19.2. The normalized spacial score (nSPS) is 13.5. The van der Waals surface area contributed by atoms with Gasteiger partial charge in [-0.3, -0.25) is 10.1 Å². The summed E-state index contributed by atoms with van der Waals surface area (Å²) in [5.74, 6) is -0.152. The lowest BCUT2D eigenvalue weighted by Crippen LogP contribution is -2.40. The van der Waals surface area contributed by atoms with Crippen LogP contribution in [0.15, 0.2) is 42.5 Å². The molecule has 5 nitrogen and oxygen atoms in total. The molecule has 7 heteroatoms.